The van der Waals surface area contributed by atoms with Crippen molar-refractivity contribution in [2.45, 2.75) is 37.2 Å². The number of rotatable bonds is 6. The van der Waals surface area contributed by atoms with E-state index in [1.165, 1.54) is 0 Å². The first kappa shape index (κ1) is 15.0. The van der Waals surface area contributed by atoms with Crippen LogP contribution in [-0.2, 0) is 16.6 Å². The van der Waals surface area contributed by atoms with Crippen LogP contribution in [0.5, 0.6) is 0 Å². The summed E-state index contributed by atoms with van der Waals surface area (Å²) in [7, 11) is -1.60. The Morgan fingerprint density at radius 1 is 1.42 bits per heavy atom. The van der Waals surface area contributed by atoms with Crippen molar-refractivity contribution in [3.05, 3.63) is 28.2 Å². The SMILES string of the molecule is CCC1CC1NS(=O)(=O)c1cc(CNC)ccc1Br. The number of nitrogens with one attached hydrogen (secondary N) is 2. The topological polar surface area (TPSA) is 58.2 Å². The van der Waals surface area contributed by atoms with E-state index in [0.717, 1.165) is 18.4 Å². The van der Waals surface area contributed by atoms with Crippen LogP contribution in [-0.4, -0.2) is 21.5 Å². The minimum atomic E-state index is -3.44. The second-order valence-electron chi connectivity index (χ2n) is 4.93. The third-order valence-electron chi connectivity index (χ3n) is 3.42. The highest BCUT2D eigenvalue weighted by atomic mass is 79.9. The lowest BCUT2D eigenvalue weighted by atomic mass is 10.2. The fraction of sp³-hybridized carbons (Fsp3) is 0.538. The molecule has 19 heavy (non-hydrogen) atoms. The van der Waals surface area contributed by atoms with Gasteiger partial charge >= 0.3 is 0 Å². The summed E-state index contributed by atoms with van der Waals surface area (Å²) in [5.41, 5.74) is 0.953. The first-order valence-corrected chi connectivity index (χ1v) is 8.71. The molecule has 1 aromatic carbocycles. The zero-order valence-electron chi connectivity index (χ0n) is 11.1. The second-order valence-corrected chi connectivity index (χ2v) is 7.46. The Morgan fingerprint density at radius 3 is 2.74 bits per heavy atom. The van der Waals surface area contributed by atoms with Crippen molar-refractivity contribution in [2.75, 3.05) is 7.05 Å². The lowest BCUT2D eigenvalue weighted by molar-refractivity contribution is 0.575. The molecule has 1 aromatic rings. The summed E-state index contributed by atoms with van der Waals surface area (Å²) in [4.78, 5) is 0.321. The van der Waals surface area contributed by atoms with Gasteiger partial charge in [-0.2, -0.15) is 0 Å². The summed E-state index contributed by atoms with van der Waals surface area (Å²) in [6.45, 7) is 2.74. The van der Waals surface area contributed by atoms with Crippen molar-refractivity contribution in [3.63, 3.8) is 0 Å². The molecule has 1 aliphatic carbocycles. The van der Waals surface area contributed by atoms with Gasteiger partial charge in [0.15, 0.2) is 0 Å². The van der Waals surface area contributed by atoms with E-state index in [2.05, 4.69) is 32.9 Å². The molecule has 2 N–H and O–H groups in total. The van der Waals surface area contributed by atoms with Crippen LogP contribution >= 0.6 is 15.9 Å². The summed E-state index contributed by atoms with van der Waals surface area (Å²) >= 11 is 3.32. The Balaban J connectivity index is 2.21. The maximum atomic E-state index is 12.4. The molecule has 1 fully saturated rings. The molecule has 0 aliphatic heterocycles. The third-order valence-corrected chi connectivity index (χ3v) is 5.90. The zero-order chi connectivity index (χ0) is 14.0. The molecule has 1 saturated carbocycles. The number of benzene rings is 1. The molecule has 0 aromatic heterocycles. The summed E-state index contributed by atoms with van der Waals surface area (Å²) in [6, 6.07) is 5.51. The van der Waals surface area contributed by atoms with Crippen molar-refractivity contribution in [1.82, 2.24) is 10.0 Å². The van der Waals surface area contributed by atoms with E-state index >= 15 is 0 Å². The van der Waals surface area contributed by atoms with E-state index in [1.54, 1.807) is 12.1 Å². The molecule has 0 amide bonds. The standard InChI is InChI=1S/C13H19BrN2O2S/c1-3-10-7-12(10)16-19(17,18)13-6-9(8-15-2)4-5-11(13)14/h4-6,10,12,15-16H,3,7-8H2,1-2H3. The van der Waals surface area contributed by atoms with Gasteiger partial charge in [0.25, 0.3) is 0 Å². The Hall–Kier alpha value is -0.430. The number of sulfonamides is 1. The van der Waals surface area contributed by atoms with Gasteiger partial charge in [0.05, 0.1) is 4.90 Å². The average molecular weight is 347 g/mol. The van der Waals surface area contributed by atoms with Crippen molar-refractivity contribution in [3.8, 4) is 0 Å². The minimum absolute atomic E-state index is 0.106. The first-order valence-electron chi connectivity index (χ1n) is 6.43. The minimum Gasteiger partial charge on any atom is -0.316 e. The largest absolute Gasteiger partial charge is 0.316 e. The molecule has 2 rings (SSSR count). The summed E-state index contributed by atoms with van der Waals surface area (Å²) in [6.07, 6.45) is 1.97. The highest BCUT2D eigenvalue weighted by Gasteiger charge is 2.39. The maximum absolute atomic E-state index is 12.4. The van der Waals surface area contributed by atoms with Gasteiger partial charge in [-0.25, -0.2) is 13.1 Å². The average Bonchev–Trinajstić information content (AvgIpc) is 3.09. The molecule has 106 valence electrons. The van der Waals surface area contributed by atoms with Gasteiger partial charge in [-0.15, -0.1) is 0 Å². The van der Waals surface area contributed by atoms with Crippen LogP contribution in [0.15, 0.2) is 27.6 Å². The molecule has 0 bridgehead atoms. The van der Waals surface area contributed by atoms with Gasteiger partial charge in [0.1, 0.15) is 0 Å². The lowest BCUT2D eigenvalue weighted by Gasteiger charge is -2.10. The highest BCUT2D eigenvalue weighted by Crippen LogP contribution is 2.35. The van der Waals surface area contributed by atoms with Gasteiger partial charge in [-0.3, -0.25) is 0 Å². The van der Waals surface area contributed by atoms with Crippen molar-refractivity contribution in [1.29, 1.82) is 0 Å². The van der Waals surface area contributed by atoms with Gasteiger partial charge in [-0.1, -0.05) is 19.4 Å². The zero-order valence-corrected chi connectivity index (χ0v) is 13.5. The van der Waals surface area contributed by atoms with Crippen LogP contribution < -0.4 is 10.0 Å². The number of hydrogen-bond acceptors (Lipinski definition) is 3. The van der Waals surface area contributed by atoms with Crippen LogP contribution in [0.1, 0.15) is 25.3 Å². The second kappa shape index (κ2) is 5.91. The van der Waals surface area contributed by atoms with Crippen molar-refractivity contribution in [2.24, 2.45) is 5.92 Å². The van der Waals surface area contributed by atoms with E-state index in [0.29, 0.717) is 21.8 Å². The van der Waals surface area contributed by atoms with E-state index in [-0.39, 0.29) is 6.04 Å². The Bertz CT molecular complexity index is 560. The van der Waals surface area contributed by atoms with Gasteiger partial charge < -0.3 is 5.32 Å². The van der Waals surface area contributed by atoms with Gasteiger partial charge in [0.2, 0.25) is 10.0 Å². The molecular formula is C13H19BrN2O2S. The van der Waals surface area contributed by atoms with E-state index < -0.39 is 10.0 Å². The van der Waals surface area contributed by atoms with Crippen LogP contribution in [0, 0.1) is 5.92 Å². The van der Waals surface area contributed by atoms with Crippen LogP contribution in [0.25, 0.3) is 0 Å². The highest BCUT2D eigenvalue weighted by molar-refractivity contribution is 9.10. The fourth-order valence-corrected chi connectivity index (χ4v) is 4.51. The predicted molar refractivity (Wildman–Crippen MR) is 79.4 cm³/mol. The Labute approximate surface area is 123 Å². The smallest absolute Gasteiger partial charge is 0.241 e. The normalized spacial score (nSPS) is 22.5. The van der Waals surface area contributed by atoms with E-state index in [1.807, 2.05) is 13.1 Å². The maximum Gasteiger partial charge on any atom is 0.241 e. The molecule has 6 heteroatoms. The molecule has 0 radical (unpaired) electrons. The summed E-state index contributed by atoms with van der Waals surface area (Å²) < 4.78 is 28.1. The lowest BCUT2D eigenvalue weighted by Crippen LogP contribution is -2.27. The third kappa shape index (κ3) is 3.56. The molecule has 2 unspecified atom stereocenters. The van der Waals surface area contributed by atoms with Crippen LogP contribution in [0.3, 0.4) is 0 Å². The van der Waals surface area contributed by atoms with Crippen molar-refractivity contribution >= 4 is 26.0 Å². The summed E-state index contributed by atoms with van der Waals surface area (Å²) in [5.74, 6) is 0.494. The molecular weight excluding hydrogens is 328 g/mol. The number of hydrogen-bond donors (Lipinski definition) is 2. The molecule has 0 heterocycles. The van der Waals surface area contributed by atoms with Gasteiger partial charge in [-0.05, 0) is 53.0 Å². The number of halogens is 1. The summed E-state index contributed by atoms with van der Waals surface area (Å²) in [5, 5.41) is 3.02. The van der Waals surface area contributed by atoms with Gasteiger partial charge in [0, 0.05) is 17.1 Å². The molecule has 0 saturated heterocycles. The molecule has 2 atom stereocenters. The predicted octanol–water partition coefficient (Wildman–Crippen LogP) is 2.25. The van der Waals surface area contributed by atoms with Crippen molar-refractivity contribution < 1.29 is 8.42 Å². The van der Waals surface area contributed by atoms with Crippen LogP contribution in [0.2, 0.25) is 0 Å². The molecule has 1 aliphatic rings. The van der Waals surface area contributed by atoms with E-state index in [9.17, 15) is 8.42 Å². The molecule has 4 nitrogen and oxygen atoms in total. The first-order chi connectivity index (χ1) is 8.97. The van der Waals surface area contributed by atoms with E-state index in [4.69, 9.17) is 0 Å². The Kier molecular flexibility index (Phi) is 4.66. The monoisotopic (exact) mass is 346 g/mol. The fourth-order valence-electron chi connectivity index (χ4n) is 2.17. The van der Waals surface area contributed by atoms with Crippen LogP contribution in [0.4, 0.5) is 0 Å². The quantitative estimate of drug-likeness (QED) is 0.830. The Morgan fingerprint density at radius 2 is 2.16 bits per heavy atom. The molecule has 0 spiro atoms.